The third kappa shape index (κ3) is 6.03. The maximum absolute atomic E-state index is 10.8. The zero-order chi connectivity index (χ0) is 12.7. The molecule has 17 heavy (non-hydrogen) atoms. The predicted molar refractivity (Wildman–Crippen MR) is 71.0 cm³/mol. The topological polar surface area (TPSA) is 44.4 Å². The molecule has 0 spiro atoms. The summed E-state index contributed by atoms with van der Waals surface area (Å²) in [5.74, 6) is 0.830. The third-order valence-corrected chi connectivity index (χ3v) is 3.39. The van der Waals surface area contributed by atoms with E-state index < -0.39 is 0 Å². The van der Waals surface area contributed by atoms with Crippen molar-refractivity contribution in [2.45, 2.75) is 39.7 Å². The Bertz CT molecular complexity index is 225. The highest BCUT2D eigenvalue weighted by Gasteiger charge is 2.18. The fourth-order valence-electron chi connectivity index (χ4n) is 2.35. The molecule has 1 saturated heterocycles. The molecule has 0 aromatic rings. The highest BCUT2D eigenvalue weighted by atomic mass is 16.1. The summed E-state index contributed by atoms with van der Waals surface area (Å²) in [5, 5.41) is 6.33. The SMILES string of the molecule is CC(=O)NCCN(CC1CCCNC1)C(C)C. The van der Waals surface area contributed by atoms with E-state index in [2.05, 4.69) is 29.4 Å². The van der Waals surface area contributed by atoms with E-state index in [0.717, 1.165) is 32.1 Å². The Labute approximate surface area is 105 Å². The molecule has 0 aliphatic carbocycles. The summed E-state index contributed by atoms with van der Waals surface area (Å²) < 4.78 is 0. The molecule has 0 aromatic carbocycles. The molecule has 1 aliphatic rings. The van der Waals surface area contributed by atoms with Crippen molar-refractivity contribution in [2.75, 3.05) is 32.7 Å². The fraction of sp³-hybridized carbons (Fsp3) is 0.923. The Balaban J connectivity index is 2.28. The Morgan fingerprint density at radius 2 is 2.29 bits per heavy atom. The lowest BCUT2D eigenvalue weighted by Gasteiger charge is -2.32. The maximum Gasteiger partial charge on any atom is 0.216 e. The minimum absolute atomic E-state index is 0.0630. The van der Waals surface area contributed by atoms with Crippen LogP contribution in [0.25, 0.3) is 0 Å². The van der Waals surface area contributed by atoms with E-state index in [1.165, 1.54) is 19.4 Å². The summed E-state index contributed by atoms with van der Waals surface area (Å²) in [7, 11) is 0. The van der Waals surface area contributed by atoms with Crippen molar-refractivity contribution in [3.05, 3.63) is 0 Å². The molecule has 0 aromatic heterocycles. The molecule has 2 N–H and O–H groups in total. The highest BCUT2D eigenvalue weighted by Crippen LogP contribution is 2.13. The standard InChI is InChI=1S/C13H27N3O/c1-11(2)16(8-7-15-12(3)17)10-13-5-4-6-14-9-13/h11,13-14H,4-10H2,1-3H3,(H,15,17). The third-order valence-electron chi connectivity index (χ3n) is 3.39. The van der Waals surface area contributed by atoms with Gasteiger partial charge in [-0.05, 0) is 45.7 Å². The average molecular weight is 241 g/mol. The number of nitrogens with one attached hydrogen (secondary N) is 2. The van der Waals surface area contributed by atoms with Gasteiger partial charge in [0.05, 0.1) is 0 Å². The monoisotopic (exact) mass is 241 g/mol. The van der Waals surface area contributed by atoms with Crippen molar-refractivity contribution in [1.82, 2.24) is 15.5 Å². The van der Waals surface area contributed by atoms with Crippen molar-refractivity contribution >= 4 is 5.91 Å². The lowest BCUT2D eigenvalue weighted by molar-refractivity contribution is -0.119. The van der Waals surface area contributed by atoms with Crippen LogP contribution >= 0.6 is 0 Å². The number of carbonyl (C=O) groups excluding carboxylic acids is 1. The number of amides is 1. The molecule has 100 valence electrons. The van der Waals surface area contributed by atoms with E-state index in [4.69, 9.17) is 0 Å². The molecule has 0 bridgehead atoms. The summed E-state index contributed by atoms with van der Waals surface area (Å²) in [6.45, 7) is 11.2. The normalized spacial score (nSPS) is 20.9. The summed E-state index contributed by atoms with van der Waals surface area (Å²) in [6, 6.07) is 0.547. The molecule has 1 unspecified atom stereocenters. The maximum atomic E-state index is 10.8. The van der Waals surface area contributed by atoms with E-state index in [1.807, 2.05) is 0 Å². The van der Waals surface area contributed by atoms with Crippen molar-refractivity contribution < 1.29 is 4.79 Å². The molecule has 4 nitrogen and oxygen atoms in total. The molecule has 0 saturated carbocycles. The molecule has 1 atom stereocenters. The number of hydrogen-bond donors (Lipinski definition) is 2. The van der Waals surface area contributed by atoms with Crippen LogP contribution in [0.15, 0.2) is 0 Å². The number of hydrogen-bond acceptors (Lipinski definition) is 3. The average Bonchev–Trinajstić information content (AvgIpc) is 2.28. The Kier molecular flexibility index (Phi) is 6.52. The molecule has 1 fully saturated rings. The van der Waals surface area contributed by atoms with E-state index in [-0.39, 0.29) is 5.91 Å². The van der Waals surface area contributed by atoms with Gasteiger partial charge in [-0.25, -0.2) is 0 Å². The summed E-state index contributed by atoms with van der Waals surface area (Å²) in [5.41, 5.74) is 0. The van der Waals surface area contributed by atoms with Crippen molar-refractivity contribution in [2.24, 2.45) is 5.92 Å². The van der Waals surface area contributed by atoms with Gasteiger partial charge in [-0.15, -0.1) is 0 Å². The van der Waals surface area contributed by atoms with Crippen molar-refractivity contribution in [3.63, 3.8) is 0 Å². The lowest BCUT2D eigenvalue weighted by atomic mass is 9.98. The first-order valence-electron chi connectivity index (χ1n) is 6.78. The Morgan fingerprint density at radius 3 is 2.82 bits per heavy atom. The van der Waals surface area contributed by atoms with Gasteiger partial charge in [0.15, 0.2) is 0 Å². The summed E-state index contributed by atoms with van der Waals surface area (Å²) in [4.78, 5) is 13.3. The lowest BCUT2D eigenvalue weighted by Crippen LogP contribution is -2.44. The first kappa shape index (κ1) is 14.5. The van der Waals surface area contributed by atoms with Crippen molar-refractivity contribution in [1.29, 1.82) is 0 Å². The van der Waals surface area contributed by atoms with E-state index in [9.17, 15) is 4.79 Å². The van der Waals surface area contributed by atoms with E-state index in [1.54, 1.807) is 6.92 Å². The molecule has 1 rings (SSSR count). The Morgan fingerprint density at radius 1 is 1.53 bits per heavy atom. The van der Waals surface area contributed by atoms with Crippen LogP contribution in [0, 0.1) is 5.92 Å². The van der Waals surface area contributed by atoms with Crippen LogP contribution < -0.4 is 10.6 Å². The van der Waals surface area contributed by atoms with Crippen LogP contribution in [0.3, 0.4) is 0 Å². The van der Waals surface area contributed by atoms with Crippen LogP contribution in [0.5, 0.6) is 0 Å². The van der Waals surface area contributed by atoms with Gasteiger partial charge >= 0.3 is 0 Å². The second-order valence-electron chi connectivity index (χ2n) is 5.28. The van der Waals surface area contributed by atoms with Crippen LogP contribution in [0.1, 0.15) is 33.6 Å². The second-order valence-corrected chi connectivity index (χ2v) is 5.28. The summed E-state index contributed by atoms with van der Waals surface area (Å²) >= 11 is 0. The van der Waals surface area contributed by atoms with Gasteiger partial charge in [0, 0.05) is 32.6 Å². The quantitative estimate of drug-likeness (QED) is 0.724. The molecule has 1 amide bonds. The molecular formula is C13H27N3O. The largest absolute Gasteiger partial charge is 0.355 e. The smallest absolute Gasteiger partial charge is 0.216 e. The van der Waals surface area contributed by atoms with Gasteiger partial charge in [-0.1, -0.05) is 0 Å². The van der Waals surface area contributed by atoms with Crippen molar-refractivity contribution in [3.8, 4) is 0 Å². The van der Waals surface area contributed by atoms with E-state index in [0.29, 0.717) is 6.04 Å². The second kappa shape index (κ2) is 7.67. The van der Waals surface area contributed by atoms with E-state index >= 15 is 0 Å². The molecule has 4 heteroatoms. The number of piperidine rings is 1. The molecule has 1 heterocycles. The number of nitrogens with zero attached hydrogens (tertiary/aromatic N) is 1. The zero-order valence-electron chi connectivity index (χ0n) is 11.5. The highest BCUT2D eigenvalue weighted by molar-refractivity contribution is 5.72. The van der Waals surface area contributed by atoms with Crippen LogP contribution in [-0.2, 0) is 4.79 Å². The summed E-state index contributed by atoms with van der Waals surface area (Å²) in [6.07, 6.45) is 2.62. The number of carbonyl (C=O) groups is 1. The first-order valence-corrected chi connectivity index (χ1v) is 6.78. The zero-order valence-corrected chi connectivity index (χ0v) is 11.5. The number of rotatable bonds is 6. The van der Waals surface area contributed by atoms with Gasteiger partial charge in [0.1, 0.15) is 0 Å². The van der Waals surface area contributed by atoms with Gasteiger partial charge in [-0.3, -0.25) is 9.69 Å². The van der Waals surface area contributed by atoms with Crippen LogP contribution in [-0.4, -0.2) is 49.6 Å². The minimum atomic E-state index is 0.0630. The minimum Gasteiger partial charge on any atom is -0.355 e. The van der Waals surface area contributed by atoms with Gasteiger partial charge in [-0.2, -0.15) is 0 Å². The molecule has 1 aliphatic heterocycles. The molecule has 0 radical (unpaired) electrons. The van der Waals surface area contributed by atoms with Crippen LogP contribution in [0.2, 0.25) is 0 Å². The Hall–Kier alpha value is -0.610. The fourth-order valence-corrected chi connectivity index (χ4v) is 2.35. The van der Waals surface area contributed by atoms with Gasteiger partial charge in [0.2, 0.25) is 5.91 Å². The van der Waals surface area contributed by atoms with Crippen LogP contribution in [0.4, 0.5) is 0 Å². The first-order chi connectivity index (χ1) is 8.09. The molecular weight excluding hydrogens is 214 g/mol. The predicted octanol–water partition coefficient (Wildman–Crippen LogP) is 0.833. The van der Waals surface area contributed by atoms with Gasteiger partial charge in [0.25, 0.3) is 0 Å². The van der Waals surface area contributed by atoms with Gasteiger partial charge < -0.3 is 10.6 Å².